The van der Waals surface area contributed by atoms with Gasteiger partial charge in [-0.3, -0.25) is 4.79 Å². The number of nitrogens with zero attached hydrogens (tertiary/aromatic N) is 1. The van der Waals surface area contributed by atoms with Gasteiger partial charge in [0.05, 0.1) is 6.42 Å². The maximum Gasteiger partial charge on any atom is 0.231 e. The first-order chi connectivity index (χ1) is 13.8. The third-order valence-electron chi connectivity index (χ3n) is 5.48. The number of para-hydroxylation sites is 1. The molecule has 0 radical (unpaired) electrons. The lowest BCUT2D eigenvalue weighted by molar-refractivity contribution is -0.130. The molecule has 1 N–H and O–H groups in total. The second kappa shape index (κ2) is 7.43. The third kappa shape index (κ3) is 3.33. The molecule has 0 spiro atoms. The number of carbonyl (C=O) groups is 1. The maximum atomic E-state index is 12.9. The molecule has 0 aliphatic carbocycles. The highest BCUT2D eigenvalue weighted by atomic mass is 32.2. The predicted molar refractivity (Wildman–Crippen MR) is 111 cm³/mol. The summed E-state index contributed by atoms with van der Waals surface area (Å²) in [4.78, 5) is 18.2. The fraction of sp³-hybridized carbons (Fsp3) is 0.318. The topological polar surface area (TPSA) is 54.6 Å². The second-order valence-corrected chi connectivity index (χ2v) is 8.49. The van der Waals surface area contributed by atoms with Crippen LogP contribution in [-0.2, 0) is 11.2 Å². The summed E-state index contributed by atoms with van der Waals surface area (Å²) in [7, 11) is 0. The van der Waals surface area contributed by atoms with Crippen LogP contribution in [0.3, 0.4) is 0 Å². The van der Waals surface area contributed by atoms with Crippen LogP contribution in [0, 0.1) is 0 Å². The molecule has 1 atom stereocenters. The van der Waals surface area contributed by atoms with Crippen LogP contribution in [0.15, 0.2) is 48.7 Å². The van der Waals surface area contributed by atoms with Crippen LogP contribution in [0.1, 0.15) is 22.8 Å². The number of ether oxygens (including phenoxy) is 2. The summed E-state index contributed by atoms with van der Waals surface area (Å²) in [6, 6.07) is 14.3. The number of amides is 1. The minimum atomic E-state index is 0.205. The van der Waals surface area contributed by atoms with Crippen LogP contribution in [0.25, 0.3) is 10.9 Å². The van der Waals surface area contributed by atoms with Crippen molar-refractivity contribution in [2.75, 3.05) is 25.6 Å². The van der Waals surface area contributed by atoms with Crippen LogP contribution in [-0.4, -0.2) is 41.4 Å². The van der Waals surface area contributed by atoms with Crippen molar-refractivity contribution in [1.29, 1.82) is 0 Å². The Hall–Kier alpha value is -2.60. The minimum Gasteiger partial charge on any atom is -0.454 e. The van der Waals surface area contributed by atoms with Crippen LogP contribution in [0.2, 0.25) is 0 Å². The minimum absolute atomic E-state index is 0.205. The largest absolute Gasteiger partial charge is 0.454 e. The Bertz CT molecular complexity index is 1020. The summed E-state index contributed by atoms with van der Waals surface area (Å²) in [6.45, 7) is 1.88. The number of aromatic nitrogens is 1. The first-order valence-electron chi connectivity index (χ1n) is 9.62. The monoisotopic (exact) mass is 394 g/mol. The van der Waals surface area contributed by atoms with Crippen molar-refractivity contribution in [2.24, 2.45) is 0 Å². The molecule has 1 saturated heterocycles. The van der Waals surface area contributed by atoms with Crippen molar-refractivity contribution in [3.63, 3.8) is 0 Å². The summed E-state index contributed by atoms with van der Waals surface area (Å²) in [6.07, 6.45) is 3.36. The first kappa shape index (κ1) is 17.5. The molecule has 28 heavy (non-hydrogen) atoms. The first-order valence-corrected chi connectivity index (χ1v) is 10.7. The van der Waals surface area contributed by atoms with E-state index in [2.05, 4.69) is 23.2 Å². The molecular weight excluding hydrogens is 372 g/mol. The van der Waals surface area contributed by atoms with Crippen molar-refractivity contribution in [1.82, 2.24) is 9.88 Å². The van der Waals surface area contributed by atoms with Crippen molar-refractivity contribution in [2.45, 2.75) is 18.1 Å². The number of aromatic amines is 1. The van der Waals surface area contributed by atoms with E-state index in [1.807, 2.05) is 47.1 Å². The van der Waals surface area contributed by atoms with Crippen molar-refractivity contribution in [3.05, 3.63) is 59.8 Å². The molecule has 2 aliphatic rings. The fourth-order valence-corrected chi connectivity index (χ4v) is 5.17. The molecule has 1 unspecified atom stereocenters. The molecule has 144 valence electrons. The van der Waals surface area contributed by atoms with Gasteiger partial charge in [0.15, 0.2) is 11.5 Å². The number of carbonyl (C=O) groups excluding carboxylic acids is 1. The van der Waals surface area contributed by atoms with E-state index in [9.17, 15) is 4.79 Å². The van der Waals surface area contributed by atoms with E-state index in [0.717, 1.165) is 53.2 Å². The van der Waals surface area contributed by atoms with E-state index in [1.54, 1.807) is 0 Å². The number of H-pyrrole nitrogens is 1. The molecule has 1 fully saturated rings. The molecule has 2 aliphatic heterocycles. The smallest absolute Gasteiger partial charge is 0.231 e. The molecule has 6 heteroatoms. The Kier molecular flexibility index (Phi) is 4.64. The Morgan fingerprint density at radius 1 is 1.14 bits per heavy atom. The maximum absolute atomic E-state index is 12.9. The van der Waals surface area contributed by atoms with E-state index >= 15 is 0 Å². The van der Waals surface area contributed by atoms with Gasteiger partial charge in [0.25, 0.3) is 0 Å². The average molecular weight is 394 g/mol. The lowest BCUT2D eigenvalue weighted by Gasteiger charge is -2.20. The molecule has 5 rings (SSSR count). The van der Waals surface area contributed by atoms with Crippen molar-refractivity contribution < 1.29 is 14.3 Å². The Morgan fingerprint density at radius 2 is 2.04 bits per heavy atom. The molecule has 3 aromatic rings. The van der Waals surface area contributed by atoms with Crippen LogP contribution in [0.5, 0.6) is 11.5 Å². The van der Waals surface area contributed by atoms with E-state index < -0.39 is 0 Å². The quantitative estimate of drug-likeness (QED) is 0.725. The Labute approximate surface area is 168 Å². The lowest BCUT2D eigenvalue weighted by atomic mass is 10.1. The summed E-state index contributed by atoms with van der Waals surface area (Å²) in [5, 5.41) is 1.51. The van der Waals surface area contributed by atoms with Crippen molar-refractivity contribution >= 4 is 28.6 Å². The van der Waals surface area contributed by atoms with Crippen LogP contribution >= 0.6 is 11.8 Å². The zero-order valence-corrected chi connectivity index (χ0v) is 16.3. The Morgan fingerprint density at radius 3 is 3.00 bits per heavy atom. The Balaban J connectivity index is 1.26. The van der Waals surface area contributed by atoms with Gasteiger partial charge in [-0.1, -0.05) is 24.3 Å². The molecule has 0 saturated carbocycles. The number of rotatable bonds is 3. The van der Waals surface area contributed by atoms with Gasteiger partial charge in [0.1, 0.15) is 0 Å². The highest BCUT2D eigenvalue weighted by Gasteiger charge is 2.24. The highest BCUT2D eigenvalue weighted by Crippen LogP contribution is 2.40. The number of thioether (sulfide) groups is 1. The van der Waals surface area contributed by atoms with E-state index in [1.165, 1.54) is 5.56 Å². The molecule has 1 amide bonds. The zero-order valence-electron chi connectivity index (χ0n) is 15.5. The number of fused-ring (bicyclic) bond motifs is 2. The standard InChI is InChI=1S/C22H22N2O3S/c25-22(12-16-13-23-18-4-2-1-3-17(16)18)24-8-7-21(28-10-9-24)15-5-6-19-20(11-15)27-14-26-19/h1-6,11,13,21,23H,7-10,12,14H2. The van der Waals surface area contributed by atoms with Crippen LogP contribution < -0.4 is 9.47 Å². The molecule has 2 aromatic carbocycles. The highest BCUT2D eigenvalue weighted by molar-refractivity contribution is 7.99. The number of hydrogen-bond acceptors (Lipinski definition) is 4. The van der Waals surface area contributed by atoms with E-state index in [4.69, 9.17) is 9.47 Å². The molecule has 3 heterocycles. The normalized spacial score (nSPS) is 19.0. The summed E-state index contributed by atoms with van der Waals surface area (Å²) in [5.74, 6) is 2.79. The number of nitrogens with one attached hydrogen (secondary N) is 1. The van der Waals surface area contributed by atoms with Gasteiger partial charge in [0, 0.05) is 41.2 Å². The van der Waals surface area contributed by atoms with Gasteiger partial charge in [-0.15, -0.1) is 0 Å². The van der Waals surface area contributed by atoms with Gasteiger partial charge < -0.3 is 19.4 Å². The van der Waals surface area contributed by atoms with E-state index in [0.29, 0.717) is 18.5 Å². The van der Waals surface area contributed by atoms with E-state index in [-0.39, 0.29) is 5.91 Å². The molecule has 1 aromatic heterocycles. The summed E-state index contributed by atoms with van der Waals surface area (Å²) < 4.78 is 10.9. The zero-order chi connectivity index (χ0) is 18.9. The summed E-state index contributed by atoms with van der Waals surface area (Å²) in [5.41, 5.74) is 3.41. The number of hydrogen-bond donors (Lipinski definition) is 1. The summed E-state index contributed by atoms with van der Waals surface area (Å²) >= 11 is 1.92. The van der Waals surface area contributed by atoms with Crippen molar-refractivity contribution in [3.8, 4) is 11.5 Å². The molecule has 5 nitrogen and oxygen atoms in total. The van der Waals surface area contributed by atoms with Crippen LogP contribution in [0.4, 0.5) is 0 Å². The fourth-order valence-electron chi connectivity index (χ4n) is 3.95. The lowest BCUT2D eigenvalue weighted by Crippen LogP contribution is -2.34. The third-order valence-corrected chi connectivity index (χ3v) is 6.81. The average Bonchev–Trinajstić information content (AvgIpc) is 3.27. The molecule has 0 bridgehead atoms. The SMILES string of the molecule is O=C(Cc1c[nH]c2ccccc12)N1CCSC(c2ccc3c(c2)OCO3)CC1. The van der Waals surface area contributed by atoms with Gasteiger partial charge in [-0.25, -0.2) is 0 Å². The predicted octanol–water partition coefficient (Wildman–Crippen LogP) is 4.15. The van der Waals surface area contributed by atoms with Gasteiger partial charge in [0.2, 0.25) is 12.7 Å². The molecular formula is C22H22N2O3S. The van der Waals surface area contributed by atoms with Gasteiger partial charge in [-0.2, -0.15) is 11.8 Å². The van der Waals surface area contributed by atoms with Gasteiger partial charge >= 0.3 is 0 Å². The number of benzene rings is 2. The van der Waals surface area contributed by atoms with Gasteiger partial charge in [-0.05, 0) is 35.7 Å². The second-order valence-electron chi connectivity index (χ2n) is 7.18.